The standard InChI is InChI=1S/C39H36O5/c40-36(31-18-8-2-9-19-31)35-26-38(44-37(35)41,28-42-27-30-16-6-1-7-17-30)29-43-39(32-20-10-3-11-21-32,33-22-12-4-13-23-33)34-24-14-5-15-25-34/h1-25,35-36,40H,26-29H2/t35?,36?,38-/m1/s1. The maximum atomic E-state index is 13.5. The summed E-state index contributed by atoms with van der Waals surface area (Å²) in [6.07, 6.45) is -0.771. The van der Waals surface area contributed by atoms with Gasteiger partial charge in [-0.2, -0.15) is 0 Å². The number of cyclic esters (lactones) is 1. The van der Waals surface area contributed by atoms with Gasteiger partial charge in [-0.1, -0.05) is 152 Å². The molecular formula is C39H36O5. The summed E-state index contributed by atoms with van der Waals surface area (Å²) in [4.78, 5) is 13.5. The number of esters is 1. The summed E-state index contributed by atoms with van der Waals surface area (Å²) in [6, 6.07) is 49.4. The van der Waals surface area contributed by atoms with Crippen molar-refractivity contribution < 1.29 is 24.1 Å². The van der Waals surface area contributed by atoms with E-state index in [9.17, 15) is 9.90 Å². The molecule has 6 rings (SSSR count). The van der Waals surface area contributed by atoms with Crippen molar-refractivity contribution in [2.45, 2.75) is 30.3 Å². The third-order valence-corrected chi connectivity index (χ3v) is 8.30. The molecule has 0 saturated carbocycles. The van der Waals surface area contributed by atoms with Crippen LogP contribution in [0, 0.1) is 5.92 Å². The Morgan fingerprint density at radius 1 is 0.682 bits per heavy atom. The van der Waals surface area contributed by atoms with Crippen LogP contribution in [0.25, 0.3) is 0 Å². The van der Waals surface area contributed by atoms with Crippen molar-refractivity contribution in [1.29, 1.82) is 0 Å². The first-order valence-corrected chi connectivity index (χ1v) is 15.0. The molecule has 5 aromatic carbocycles. The SMILES string of the molecule is O=C1O[C@](COCc2ccccc2)(COC(c2ccccc2)(c2ccccc2)c2ccccc2)CC1C(O)c1ccccc1. The van der Waals surface area contributed by atoms with Gasteiger partial charge in [-0.15, -0.1) is 0 Å². The van der Waals surface area contributed by atoms with Crippen molar-refractivity contribution in [3.05, 3.63) is 179 Å². The van der Waals surface area contributed by atoms with Crippen LogP contribution in [0.15, 0.2) is 152 Å². The Kier molecular flexibility index (Phi) is 8.99. The average Bonchev–Trinajstić information content (AvgIpc) is 3.43. The van der Waals surface area contributed by atoms with Crippen LogP contribution in [0.4, 0.5) is 0 Å². The largest absolute Gasteiger partial charge is 0.454 e. The van der Waals surface area contributed by atoms with Crippen molar-refractivity contribution in [3.63, 3.8) is 0 Å². The van der Waals surface area contributed by atoms with Crippen LogP contribution < -0.4 is 0 Å². The third kappa shape index (κ3) is 6.22. The lowest BCUT2D eigenvalue weighted by Crippen LogP contribution is -2.44. The second-order valence-corrected chi connectivity index (χ2v) is 11.3. The van der Waals surface area contributed by atoms with Crippen LogP contribution in [0.2, 0.25) is 0 Å². The van der Waals surface area contributed by atoms with Gasteiger partial charge in [-0.3, -0.25) is 4.79 Å². The summed E-state index contributed by atoms with van der Waals surface area (Å²) >= 11 is 0. The monoisotopic (exact) mass is 584 g/mol. The minimum atomic E-state index is -1.13. The summed E-state index contributed by atoms with van der Waals surface area (Å²) < 4.78 is 19.6. The van der Waals surface area contributed by atoms with Crippen LogP contribution in [-0.4, -0.2) is 29.9 Å². The van der Waals surface area contributed by atoms with Crippen LogP contribution >= 0.6 is 0 Å². The molecule has 1 saturated heterocycles. The summed E-state index contributed by atoms with van der Waals surface area (Å²) in [5, 5.41) is 11.3. The van der Waals surface area contributed by atoms with Gasteiger partial charge < -0.3 is 19.3 Å². The molecule has 1 fully saturated rings. The molecule has 5 nitrogen and oxygen atoms in total. The van der Waals surface area contributed by atoms with Crippen molar-refractivity contribution in [1.82, 2.24) is 0 Å². The first-order chi connectivity index (χ1) is 21.6. The van der Waals surface area contributed by atoms with E-state index in [0.717, 1.165) is 22.3 Å². The molecule has 2 unspecified atom stereocenters. The summed E-state index contributed by atoms with van der Waals surface area (Å²) in [5.74, 6) is -1.22. The Morgan fingerprint density at radius 2 is 1.14 bits per heavy atom. The Hall–Kier alpha value is -4.55. The first-order valence-electron chi connectivity index (χ1n) is 15.0. The van der Waals surface area contributed by atoms with E-state index in [1.807, 2.05) is 115 Å². The van der Waals surface area contributed by atoms with Gasteiger partial charge in [-0.05, 0) is 27.8 Å². The van der Waals surface area contributed by atoms with Crippen molar-refractivity contribution in [2.75, 3.05) is 13.2 Å². The molecule has 0 aliphatic carbocycles. The van der Waals surface area contributed by atoms with Gasteiger partial charge in [-0.25, -0.2) is 0 Å². The average molecular weight is 585 g/mol. The topological polar surface area (TPSA) is 65.0 Å². The summed E-state index contributed by atoms with van der Waals surface area (Å²) in [5.41, 5.74) is 2.40. The number of hydrogen-bond donors (Lipinski definition) is 1. The second-order valence-electron chi connectivity index (χ2n) is 11.3. The zero-order valence-electron chi connectivity index (χ0n) is 24.5. The predicted octanol–water partition coefficient (Wildman–Crippen LogP) is 7.25. The molecule has 1 aliphatic heterocycles. The van der Waals surface area contributed by atoms with Gasteiger partial charge in [0.15, 0.2) is 5.60 Å². The fraction of sp³-hybridized carbons (Fsp3) is 0.205. The molecule has 0 amide bonds. The van der Waals surface area contributed by atoms with Crippen LogP contribution in [-0.2, 0) is 31.2 Å². The van der Waals surface area contributed by atoms with E-state index in [1.54, 1.807) is 0 Å². The molecule has 5 heteroatoms. The zero-order valence-corrected chi connectivity index (χ0v) is 24.5. The molecule has 0 bridgehead atoms. The number of aliphatic hydroxyl groups is 1. The smallest absolute Gasteiger partial charge is 0.312 e. The molecule has 1 aliphatic rings. The number of hydrogen-bond acceptors (Lipinski definition) is 5. The van der Waals surface area contributed by atoms with Crippen molar-refractivity contribution >= 4 is 5.97 Å². The highest BCUT2D eigenvalue weighted by Gasteiger charge is 2.52. The minimum Gasteiger partial charge on any atom is -0.454 e. The Bertz CT molecular complexity index is 1510. The van der Waals surface area contributed by atoms with E-state index >= 15 is 0 Å². The third-order valence-electron chi connectivity index (χ3n) is 8.30. The van der Waals surface area contributed by atoms with E-state index < -0.39 is 29.2 Å². The Balaban J connectivity index is 1.37. The quantitative estimate of drug-likeness (QED) is 0.124. The second kappa shape index (κ2) is 13.4. The Morgan fingerprint density at radius 3 is 1.64 bits per heavy atom. The van der Waals surface area contributed by atoms with Gasteiger partial charge in [0.05, 0.1) is 31.8 Å². The highest BCUT2D eigenvalue weighted by Crippen LogP contribution is 2.44. The molecule has 0 spiro atoms. The van der Waals surface area contributed by atoms with Crippen LogP contribution in [0.1, 0.15) is 40.3 Å². The normalized spacial score (nSPS) is 18.9. The van der Waals surface area contributed by atoms with E-state index in [4.69, 9.17) is 14.2 Å². The van der Waals surface area contributed by atoms with E-state index in [0.29, 0.717) is 12.2 Å². The number of ether oxygens (including phenoxy) is 3. The molecule has 1 heterocycles. The molecule has 5 aromatic rings. The highest BCUT2D eigenvalue weighted by molar-refractivity contribution is 5.76. The lowest BCUT2D eigenvalue weighted by atomic mass is 9.79. The summed E-state index contributed by atoms with van der Waals surface area (Å²) in [6.45, 7) is 0.511. The molecule has 0 aromatic heterocycles. The fourth-order valence-electron chi connectivity index (χ4n) is 6.09. The number of benzene rings is 5. The lowest BCUT2D eigenvalue weighted by molar-refractivity contribution is -0.169. The maximum absolute atomic E-state index is 13.5. The van der Waals surface area contributed by atoms with Gasteiger partial charge >= 0.3 is 5.97 Å². The van der Waals surface area contributed by atoms with Gasteiger partial charge in [0, 0.05) is 6.42 Å². The predicted molar refractivity (Wildman–Crippen MR) is 170 cm³/mol. The van der Waals surface area contributed by atoms with E-state index in [1.165, 1.54) is 0 Å². The van der Waals surface area contributed by atoms with Gasteiger partial charge in [0.2, 0.25) is 0 Å². The number of rotatable bonds is 12. The maximum Gasteiger partial charge on any atom is 0.312 e. The van der Waals surface area contributed by atoms with Crippen molar-refractivity contribution in [3.8, 4) is 0 Å². The van der Waals surface area contributed by atoms with Gasteiger partial charge in [0.25, 0.3) is 0 Å². The van der Waals surface area contributed by atoms with Crippen molar-refractivity contribution in [2.24, 2.45) is 5.92 Å². The van der Waals surface area contributed by atoms with E-state index in [-0.39, 0.29) is 19.6 Å². The summed E-state index contributed by atoms with van der Waals surface area (Å²) in [7, 11) is 0. The molecular weight excluding hydrogens is 548 g/mol. The van der Waals surface area contributed by atoms with E-state index in [2.05, 4.69) is 36.4 Å². The van der Waals surface area contributed by atoms with Crippen LogP contribution in [0.5, 0.6) is 0 Å². The number of aliphatic hydroxyl groups excluding tert-OH is 1. The number of carbonyl (C=O) groups is 1. The lowest BCUT2D eigenvalue weighted by Gasteiger charge is -2.39. The zero-order chi connectivity index (χ0) is 30.2. The van der Waals surface area contributed by atoms with Crippen LogP contribution in [0.3, 0.4) is 0 Å². The molecule has 222 valence electrons. The molecule has 0 radical (unpaired) electrons. The highest BCUT2D eigenvalue weighted by atomic mass is 16.6. The first kappa shape index (κ1) is 29.5. The molecule has 1 N–H and O–H groups in total. The molecule has 44 heavy (non-hydrogen) atoms. The Labute approximate surface area is 258 Å². The van der Waals surface area contributed by atoms with Gasteiger partial charge in [0.1, 0.15) is 5.60 Å². The number of carbonyl (C=O) groups excluding carboxylic acids is 1. The fourth-order valence-corrected chi connectivity index (χ4v) is 6.09. The molecule has 3 atom stereocenters. The minimum absolute atomic E-state index is 0.0459.